The van der Waals surface area contributed by atoms with Gasteiger partial charge in [0.2, 0.25) is 0 Å². The van der Waals surface area contributed by atoms with Gasteiger partial charge in [0.25, 0.3) is 0 Å². The van der Waals surface area contributed by atoms with Crippen LogP contribution in [0.4, 0.5) is 0 Å². The van der Waals surface area contributed by atoms with Crippen LogP contribution in [-0.4, -0.2) is 43.8 Å². The highest BCUT2D eigenvalue weighted by atomic mass is 15.3. The van der Waals surface area contributed by atoms with Crippen molar-refractivity contribution in [3.63, 3.8) is 0 Å². The van der Waals surface area contributed by atoms with Gasteiger partial charge in [-0.1, -0.05) is 6.42 Å². The third-order valence-electron chi connectivity index (χ3n) is 5.65. The van der Waals surface area contributed by atoms with Crippen LogP contribution < -0.4 is 0 Å². The quantitative estimate of drug-likeness (QED) is 0.866. The number of aryl methyl sites for hydroxylation is 2. The van der Waals surface area contributed by atoms with Crippen molar-refractivity contribution in [3.05, 3.63) is 36.2 Å². The van der Waals surface area contributed by atoms with E-state index in [0.29, 0.717) is 0 Å². The molecule has 5 nitrogen and oxygen atoms in total. The SMILES string of the molecule is Cc1nc(CC[C@@H]2CCCN3CCCC[C@H]23)n(-c2ccncc2)n1. The zero-order valence-corrected chi connectivity index (χ0v) is 14.6. The van der Waals surface area contributed by atoms with Crippen LogP contribution in [0, 0.1) is 12.8 Å². The second kappa shape index (κ2) is 7.01. The number of rotatable bonds is 4. The standard InChI is InChI=1S/C19H27N5/c1-15-21-19(24(22-15)17-9-11-20-12-10-17)8-7-16-5-4-14-23-13-3-2-6-18(16)23/h9-12,16,18H,2-8,13-14H2,1H3/t16-,18+/m0/s1. The molecule has 2 aliphatic heterocycles. The van der Waals surface area contributed by atoms with Gasteiger partial charge >= 0.3 is 0 Å². The second-order valence-electron chi connectivity index (χ2n) is 7.23. The molecule has 0 N–H and O–H groups in total. The van der Waals surface area contributed by atoms with Gasteiger partial charge < -0.3 is 4.90 Å². The number of hydrogen-bond acceptors (Lipinski definition) is 4. The van der Waals surface area contributed by atoms with Crippen LogP contribution >= 0.6 is 0 Å². The first-order valence-electron chi connectivity index (χ1n) is 9.38. The highest BCUT2D eigenvalue weighted by molar-refractivity contribution is 5.28. The fourth-order valence-corrected chi connectivity index (χ4v) is 4.54. The van der Waals surface area contributed by atoms with Gasteiger partial charge in [-0.3, -0.25) is 4.98 Å². The average molecular weight is 325 g/mol. The molecule has 0 aromatic carbocycles. The van der Waals surface area contributed by atoms with Crippen molar-refractivity contribution in [1.82, 2.24) is 24.6 Å². The summed E-state index contributed by atoms with van der Waals surface area (Å²) >= 11 is 0. The number of nitrogens with zero attached hydrogens (tertiary/aromatic N) is 5. The Kier molecular flexibility index (Phi) is 4.60. The van der Waals surface area contributed by atoms with Gasteiger partial charge in [-0.2, -0.15) is 5.10 Å². The first-order valence-corrected chi connectivity index (χ1v) is 9.38. The van der Waals surface area contributed by atoms with E-state index in [2.05, 4.69) is 15.0 Å². The van der Waals surface area contributed by atoms with Crippen LogP contribution in [0.3, 0.4) is 0 Å². The molecule has 0 bridgehead atoms. The van der Waals surface area contributed by atoms with Gasteiger partial charge in [-0.05, 0) is 70.2 Å². The Hall–Kier alpha value is -1.75. The van der Waals surface area contributed by atoms with Crippen molar-refractivity contribution in [2.75, 3.05) is 13.1 Å². The van der Waals surface area contributed by atoms with E-state index in [1.165, 1.54) is 51.6 Å². The molecule has 4 rings (SSSR count). The molecule has 2 aromatic rings. The monoisotopic (exact) mass is 325 g/mol. The van der Waals surface area contributed by atoms with E-state index in [1.54, 1.807) is 0 Å². The zero-order valence-electron chi connectivity index (χ0n) is 14.6. The molecular formula is C19H27N5. The highest BCUT2D eigenvalue weighted by Gasteiger charge is 2.32. The summed E-state index contributed by atoms with van der Waals surface area (Å²) in [5.41, 5.74) is 1.06. The van der Waals surface area contributed by atoms with Crippen molar-refractivity contribution in [3.8, 4) is 5.69 Å². The third-order valence-corrected chi connectivity index (χ3v) is 5.65. The summed E-state index contributed by atoms with van der Waals surface area (Å²) in [6.07, 6.45) is 12.8. The molecule has 2 saturated heterocycles. The molecule has 2 fully saturated rings. The van der Waals surface area contributed by atoms with Gasteiger partial charge in [-0.15, -0.1) is 0 Å². The summed E-state index contributed by atoms with van der Waals surface area (Å²) in [7, 11) is 0. The van der Waals surface area contributed by atoms with Crippen LogP contribution in [0.2, 0.25) is 0 Å². The summed E-state index contributed by atoms with van der Waals surface area (Å²) in [4.78, 5) is 11.5. The molecule has 0 spiro atoms. The van der Waals surface area contributed by atoms with Gasteiger partial charge in [-0.25, -0.2) is 9.67 Å². The minimum Gasteiger partial charge on any atom is -0.300 e. The van der Waals surface area contributed by atoms with E-state index in [9.17, 15) is 0 Å². The lowest BCUT2D eigenvalue weighted by atomic mass is 9.81. The zero-order chi connectivity index (χ0) is 16.4. The van der Waals surface area contributed by atoms with Crippen molar-refractivity contribution in [2.24, 2.45) is 5.92 Å². The summed E-state index contributed by atoms with van der Waals surface area (Å²) in [6.45, 7) is 4.60. The number of piperidine rings is 2. The van der Waals surface area contributed by atoms with E-state index in [1.807, 2.05) is 36.1 Å². The molecule has 2 atom stereocenters. The number of aromatic nitrogens is 4. The summed E-state index contributed by atoms with van der Waals surface area (Å²) in [6, 6.07) is 4.81. The average Bonchev–Trinajstić information content (AvgIpc) is 3.01. The summed E-state index contributed by atoms with van der Waals surface area (Å²) in [5, 5.41) is 4.59. The minimum absolute atomic E-state index is 0.811. The lowest BCUT2D eigenvalue weighted by Crippen LogP contribution is -2.48. The van der Waals surface area contributed by atoms with Crippen molar-refractivity contribution in [2.45, 2.75) is 57.9 Å². The second-order valence-corrected chi connectivity index (χ2v) is 7.23. The van der Waals surface area contributed by atoms with Crippen molar-refractivity contribution in [1.29, 1.82) is 0 Å². The Balaban J connectivity index is 1.48. The molecule has 0 aliphatic carbocycles. The van der Waals surface area contributed by atoms with E-state index in [-0.39, 0.29) is 0 Å². The molecule has 0 saturated carbocycles. The minimum atomic E-state index is 0.811. The maximum atomic E-state index is 4.69. The van der Waals surface area contributed by atoms with Gasteiger partial charge in [0.05, 0.1) is 5.69 Å². The molecule has 128 valence electrons. The lowest BCUT2D eigenvalue weighted by molar-refractivity contribution is 0.0557. The maximum absolute atomic E-state index is 4.69. The fraction of sp³-hybridized carbons (Fsp3) is 0.632. The number of pyridine rings is 1. The van der Waals surface area contributed by atoms with Gasteiger partial charge in [0.15, 0.2) is 0 Å². The van der Waals surface area contributed by atoms with E-state index in [0.717, 1.165) is 35.7 Å². The van der Waals surface area contributed by atoms with Crippen LogP contribution in [0.5, 0.6) is 0 Å². The molecule has 24 heavy (non-hydrogen) atoms. The molecule has 2 aromatic heterocycles. The Bertz CT molecular complexity index is 664. The van der Waals surface area contributed by atoms with Crippen molar-refractivity contribution >= 4 is 0 Å². The largest absolute Gasteiger partial charge is 0.300 e. The Morgan fingerprint density at radius 2 is 1.92 bits per heavy atom. The Morgan fingerprint density at radius 1 is 1.08 bits per heavy atom. The Morgan fingerprint density at radius 3 is 2.79 bits per heavy atom. The van der Waals surface area contributed by atoms with Crippen LogP contribution in [0.25, 0.3) is 5.69 Å². The molecule has 2 aliphatic rings. The predicted octanol–water partition coefficient (Wildman–Crippen LogP) is 3.17. The van der Waals surface area contributed by atoms with Crippen LogP contribution in [0.1, 0.15) is 50.2 Å². The molecule has 0 radical (unpaired) electrons. The first-order chi connectivity index (χ1) is 11.8. The summed E-state index contributed by atoms with van der Waals surface area (Å²) in [5.74, 6) is 2.76. The topological polar surface area (TPSA) is 46.8 Å². The van der Waals surface area contributed by atoms with E-state index >= 15 is 0 Å². The smallest absolute Gasteiger partial charge is 0.148 e. The van der Waals surface area contributed by atoms with Gasteiger partial charge in [0, 0.05) is 24.9 Å². The van der Waals surface area contributed by atoms with Gasteiger partial charge in [0.1, 0.15) is 11.6 Å². The van der Waals surface area contributed by atoms with Crippen LogP contribution in [-0.2, 0) is 6.42 Å². The predicted molar refractivity (Wildman–Crippen MR) is 94.1 cm³/mol. The molecule has 4 heterocycles. The number of hydrogen-bond donors (Lipinski definition) is 0. The van der Waals surface area contributed by atoms with E-state index < -0.39 is 0 Å². The highest BCUT2D eigenvalue weighted by Crippen LogP contribution is 2.33. The fourth-order valence-electron chi connectivity index (χ4n) is 4.54. The first kappa shape index (κ1) is 15.8. The third kappa shape index (κ3) is 3.22. The normalized spacial score (nSPS) is 24.7. The van der Waals surface area contributed by atoms with Crippen molar-refractivity contribution < 1.29 is 0 Å². The number of fused-ring (bicyclic) bond motifs is 1. The molecule has 0 amide bonds. The maximum Gasteiger partial charge on any atom is 0.148 e. The van der Waals surface area contributed by atoms with E-state index in [4.69, 9.17) is 4.98 Å². The molecular weight excluding hydrogens is 298 g/mol. The summed E-state index contributed by atoms with van der Waals surface area (Å²) < 4.78 is 2.00. The molecule has 5 heteroatoms. The van der Waals surface area contributed by atoms with Crippen LogP contribution in [0.15, 0.2) is 24.5 Å². The molecule has 0 unspecified atom stereocenters. The lowest BCUT2D eigenvalue weighted by Gasteiger charge is -2.44. The Labute approximate surface area is 144 Å².